The molecular formula is C25H21F2N5O. The minimum absolute atomic E-state index is 0.204. The Bertz CT molecular complexity index is 1430. The molecule has 0 unspecified atom stereocenters. The Hall–Kier alpha value is -3.81. The fourth-order valence-electron chi connectivity index (χ4n) is 4.89. The lowest BCUT2D eigenvalue weighted by Crippen LogP contribution is -2.28. The van der Waals surface area contributed by atoms with Gasteiger partial charge in [-0.25, -0.2) is 13.8 Å². The van der Waals surface area contributed by atoms with Crippen LogP contribution in [-0.4, -0.2) is 44.1 Å². The molecule has 0 amide bonds. The van der Waals surface area contributed by atoms with Crippen LogP contribution in [0.1, 0.15) is 29.4 Å². The molecule has 0 radical (unpaired) electrons. The standard InChI is InChI=1S/C25H21F2N5O/c1-16-13-19-23(31-11-9-25(26,27)15-31)22(17-5-3-2-4-6-17)29-32(19)24(33)21(16)18-7-8-20-28-10-12-30(20)14-18/h2-8,10,12,14H,9,11,13,15H2,1H3. The molecule has 0 spiro atoms. The summed E-state index contributed by atoms with van der Waals surface area (Å²) in [5, 5.41) is 4.68. The van der Waals surface area contributed by atoms with Gasteiger partial charge >= 0.3 is 0 Å². The van der Waals surface area contributed by atoms with E-state index in [1.807, 2.05) is 66.2 Å². The Kier molecular flexibility index (Phi) is 4.27. The van der Waals surface area contributed by atoms with Crippen molar-refractivity contribution < 1.29 is 13.6 Å². The maximum absolute atomic E-state index is 14.1. The first-order chi connectivity index (χ1) is 15.9. The molecule has 166 valence electrons. The lowest BCUT2D eigenvalue weighted by atomic mass is 9.94. The molecule has 6 nitrogen and oxygen atoms in total. The van der Waals surface area contributed by atoms with Gasteiger partial charge in [0.2, 0.25) is 0 Å². The van der Waals surface area contributed by atoms with Crippen molar-refractivity contribution in [1.82, 2.24) is 19.2 Å². The van der Waals surface area contributed by atoms with E-state index in [9.17, 15) is 13.6 Å². The van der Waals surface area contributed by atoms with Crippen LogP contribution in [0, 0.1) is 0 Å². The maximum Gasteiger partial charge on any atom is 0.279 e. The van der Waals surface area contributed by atoms with Gasteiger partial charge in [-0.1, -0.05) is 35.9 Å². The fraction of sp³-hybridized carbons (Fsp3) is 0.240. The number of hydrogen-bond donors (Lipinski definition) is 0. The van der Waals surface area contributed by atoms with Gasteiger partial charge in [-0.05, 0) is 19.1 Å². The minimum Gasteiger partial charge on any atom is -0.362 e. The van der Waals surface area contributed by atoms with E-state index in [0.717, 1.165) is 22.3 Å². The van der Waals surface area contributed by atoms with Gasteiger partial charge in [0, 0.05) is 54.7 Å². The molecule has 1 aromatic carbocycles. The van der Waals surface area contributed by atoms with E-state index in [4.69, 9.17) is 0 Å². The number of benzene rings is 1. The van der Waals surface area contributed by atoms with E-state index in [1.165, 1.54) is 4.68 Å². The predicted molar refractivity (Wildman–Crippen MR) is 122 cm³/mol. The number of rotatable bonds is 3. The van der Waals surface area contributed by atoms with Gasteiger partial charge in [0.1, 0.15) is 11.3 Å². The Balaban J connectivity index is 1.50. The average molecular weight is 445 g/mol. The zero-order valence-corrected chi connectivity index (χ0v) is 18.0. The summed E-state index contributed by atoms with van der Waals surface area (Å²) in [5.74, 6) is -3.00. The number of carbonyl (C=O) groups excluding carboxylic acids is 1. The highest BCUT2D eigenvalue weighted by Crippen LogP contribution is 2.42. The van der Waals surface area contributed by atoms with Crippen molar-refractivity contribution in [2.75, 3.05) is 18.0 Å². The van der Waals surface area contributed by atoms with Gasteiger partial charge < -0.3 is 9.30 Å². The van der Waals surface area contributed by atoms with Gasteiger partial charge in [-0.2, -0.15) is 9.78 Å². The van der Waals surface area contributed by atoms with Crippen LogP contribution in [0.15, 0.2) is 66.6 Å². The third-order valence-corrected chi connectivity index (χ3v) is 6.43. The number of hydrogen-bond acceptors (Lipinski definition) is 4. The second-order valence-electron chi connectivity index (χ2n) is 8.70. The third kappa shape index (κ3) is 3.16. The van der Waals surface area contributed by atoms with Crippen molar-refractivity contribution in [2.45, 2.75) is 25.7 Å². The molecule has 0 aliphatic carbocycles. The van der Waals surface area contributed by atoms with E-state index in [1.54, 1.807) is 11.1 Å². The molecule has 0 atom stereocenters. The molecule has 0 bridgehead atoms. The molecule has 5 heterocycles. The number of imidazole rings is 1. The van der Waals surface area contributed by atoms with Gasteiger partial charge in [-0.15, -0.1) is 0 Å². The summed E-state index contributed by atoms with van der Waals surface area (Å²) < 4.78 is 31.6. The molecular weight excluding hydrogens is 424 g/mol. The molecule has 0 N–H and O–H groups in total. The number of fused-ring (bicyclic) bond motifs is 2. The Morgan fingerprint density at radius 1 is 1.06 bits per heavy atom. The normalized spacial score (nSPS) is 17.8. The Labute approximate surface area is 188 Å². The van der Waals surface area contributed by atoms with E-state index < -0.39 is 5.92 Å². The van der Waals surface area contributed by atoms with Crippen LogP contribution in [-0.2, 0) is 6.42 Å². The fourth-order valence-corrected chi connectivity index (χ4v) is 4.89. The van der Waals surface area contributed by atoms with E-state index in [-0.39, 0.29) is 25.4 Å². The number of alkyl halides is 2. The molecule has 33 heavy (non-hydrogen) atoms. The first-order valence-electron chi connectivity index (χ1n) is 10.9. The summed E-state index contributed by atoms with van der Waals surface area (Å²) in [4.78, 5) is 19.6. The van der Waals surface area contributed by atoms with Gasteiger partial charge in [0.05, 0.1) is 17.9 Å². The molecule has 4 aromatic rings. The molecule has 1 fully saturated rings. The number of aromatic nitrogens is 4. The minimum atomic E-state index is -2.75. The number of anilines is 1. The average Bonchev–Trinajstić information content (AvgIpc) is 3.50. The number of carbonyl (C=O) groups is 1. The molecule has 6 rings (SSSR count). The summed E-state index contributed by atoms with van der Waals surface area (Å²) in [6.07, 6.45) is 5.68. The van der Waals surface area contributed by atoms with Crippen LogP contribution < -0.4 is 4.90 Å². The topological polar surface area (TPSA) is 55.4 Å². The number of pyridine rings is 1. The van der Waals surface area contributed by atoms with Crippen molar-refractivity contribution in [3.05, 3.63) is 77.9 Å². The van der Waals surface area contributed by atoms with E-state index >= 15 is 0 Å². The SMILES string of the molecule is CC1=C(c2ccc3nccn3c2)C(=O)n2nc(-c3ccccc3)c(N3CCC(F)(F)C3)c2C1. The molecule has 3 aromatic heterocycles. The quantitative estimate of drug-likeness (QED) is 0.458. The van der Waals surface area contributed by atoms with Crippen LogP contribution in [0.4, 0.5) is 14.5 Å². The maximum atomic E-state index is 14.1. The summed E-state index contributed by atoms with van der Waals surface area (Å²) >= 11 is 0. The van der Waals surface area contributed by atoms with Gasteiger partial charge in [0.25, 0.3) is 11.8 Å². The summed E-state index contributed by atoms with van der Waals surface area (Å²) in [5.41, 5.74) is 5.71. The van der Waals surface area contributed by atoms with Crippen molar-refractivity contribution in [3.63, 3.8) is 0 Å². The number of allylic oxidation sites excluding steroid dienone is 2. The number of halogens is 2. The summed E-state index contributed by atoms with van der Waals surface area (Å²) in [6.45, 7) is 1.78. The Morgan fingerprint density at radius 2 is 1.88 bits per heavy atom. The zero-order chi connectivity index (χ0) is 22.7. The van der Waals surface area contributed by atoms with E-state index in [2.05, 4.69) is 10.1 Å². The van der Waals surface area contributed by atoms with Crippen LogP contribution in [0.2, 0.25) is 0 Å². The van der Waals surface area contributed by atoms with Gasteiger partial charge in [0.15, 0.2) is 0 Å². The largest absolute Gasteiger partial charge is 0.362 e. The summed E-state index contributed by atoms with van der Waals surface area (Å²) in [7, 11) is 0. The highest BCUT2D eigenvalue weighted by Gasteiger charge is 2.42. The molecule has 1 saturated heterocycles. The molecule has 2 aliphatic rings. The second-order valence-corrected chi connectivity index (χ2v) is 8.70. The Morgan fingerprint density at radius 3 is 2.64 bits per heavy atom. The molecule has 0 saturated carbocycles. The van der Waals surface area contributed by atoms with Crippen molar-refractivity contribution in [3.8, 4) is 11.3 Å². The van der Waals surface area contributed by atoms with Crippen LogP contribution >= 0.6 is 0 Å². The lowest BCUT2D eigenvalue weighted by Gasteiger charge is -2.23. The summed E-state index contributed by atoms with van der Waals surface area (Å²) in [6, 6.07) is 13.2. The van der Waals surface area contributed by atoms with E-state index in [0.29, 0.717) is 29.1 Å². The molecule has 8 heteroatoms. The number of nitrogens with zero attached hydrogens (tertiary/aromatic N) is 5. The highest BCUT2D eigenvalue weighted by atomic mass is 19.3. The van der Waals surface area contributed by atoms with Crippen LogP contribution in [0.25, 0.3) is 22.5 Å². The first kappa shape index (κ1) is 19.8. The van der Waals surface area contributed by atoms with Crippen molar-refractivity contribution in [2.24, 2.45) is 0 Å². The van der Waals surface area contributed by atoms with Crippen molar-refractivity contribution >= 4 is 22.8 Å². The monoisotopic (exact) mass is 445 g/mol. The second kappa shape index (κ2) is 7.10. The third-order valence-electron chi connectivity index (χ3n) is 6.43. The highest BCUT2D eigenvalue weighted by molar-refractivity contribution is 6.22. The van der Waals surface area contributed by atoms with Crippen LogP contribution in [0.5, 0.6) is 0 Å². The predicted octanol–water partition coefficient (Wildman–Crippen LogP) is 4.71. The first-order valence-corrected chi connectivity index (χ1v) is 10.9. The van der Waals surface area contributed by atoms with Crippen molar-refractivity contribution in [1.29, 1.82) is 0 Å². The lowest BCUT2D eigenvalue weighted by molar-refractivity contribution is 0.0257. The van der Waals surface area contributed by atoms with Gasteiger partial charge in [-0.3, -0.25) is 4.79 Å². The smallest absolute Gasteiger partial charge is 0.279 e. The zero-order valence-electron chi connectivity index (χ0n) is 18.0. The van der Waals surface area contributed by atoms with Crippen LogP contribution in [0.3, 0.4) is 0 Å². The molecule has 2 aliphatic heterocycles.